The quantitative estimate of drug-likeness (QED) is 0.836. The van der Waals surface area contributed by atoms with Gasteiger partial charge in [0.1, 0.15) is 0 Å². The highest BCUT2D eigenvalue weighted by Gasteiger charge is 2.40. The van der Waals surface area contributed by atoms with E-state index >= 15 is 0 Å². The van der Waals surface area contributed by atoms with Crippen molar-refractivity contribution in [1.29, 1.82) is 0 Å². The molecule has 1 aromatic rings. The maximum Gasteiger partial charge on any atom is 0.234 e. The fourth-order valence-electron chi connectivity index (χ4n) is 2.62. The number of β-amino-alcohol motifs (C(OH)–C–C–N with tert-alkyl or cyclic N) is 1. The molecule has 1 aliphatic heterocycles. The topological polar surface area (TPSA) is 52.6 Å². The van der Waals surface area contributed by atoms with Gasteiger partial charge in [0, 0.05) is 18.0 Å². The first-order valence-electron chi connectivity index (χ1n) is 6.80. The molecule has 1 aromatic heterocycles. The molecule has 1 atom stereocenters. The van der Waals surface area contributed by atoms with Gasteiger partial charge < -0.3 is 10.4 Å². The molecule has 106 valence electrons. The molecule has 0 spiro atoms. The summed E-state index contributed by atoms with van der Waals surface area (Å²) >= 11 is 1.65. The van der Waals surface area contributed by atoms with Crippen molar-refractivity contribution in [2.24, 2.45) is 0 Å². The van der Waals surface area contributed by atoms with Crippen LogP contribution in [0.4, 0.5) is 0 Å². The Morgan fingerprint density at radius 3 is 2.95 bits per heavy atom. The Morgan fingerprint density at radius 2 is 2.37 bits per heavy atom. The molecule has 0 radical (unpaired) electrons. The van der Waals surface area contributed by atoms with Crippen LogP contribution in [0.5, 0.6) is 0 Å². The van der Waals surface area contributed by atoms with Crippen LogP contribution in [-0.2, 0) is 4.79 Å². The number of nitrogens with one attached hydrogen (secondary N) is 1. The highest BCUT2D eigenvalue weighted by atomic mass is 32.1. The standard InChI is InChI=1S/C14H22N2O2S/c1-3-6-14(18)9-16(10-14)8-13(17)15-11(2)12-5-4-7-19-12/h4-5,7,11,18H,3,6,8-10H2,1-2H3,(H,15,17). The Kier molecular flexibility index (Phi) is 4.60. The molecule has 1 amide bonds. The molecule has 1 saturated heterocycles. The molecule has 1 unspecified atom stereocenters. The van der Waals surface area contributed by atoms with Crippen molar-refractivity contribution in [3.8, 4) is 0 Å². The fourth-order valence-corrected chi connectivity index (χ4v) is 3.35. The van der Waals surface area contributed by atoms with E-state index in [0.717, 1.165) is 12.8 Å². The van der Waals surface area contributed by atoms with E-state index in [0.29, 0.717) is 19.6 Å². The lowest BCUT2D eigenvalue weighted by Gasteiger charge is -2.46. The first-order chi connectivity index (χ1) is 9.02. The molecular formula is C14H22N2O2S. The number of likely N-dealkylation sites (tertiary alicyclic amines) is 1. The summed E-state index contributed by atoms with van der Waals surface area (Å²) < 4.78 is 0. The van der Waals surface area contributed by atoms with Crippen molar-refractivity contribution >= 4 is 17.2 Å². The summed E-state index contributed by atoms with van der Waals surface area (Å²) in [7, 11) is 0. The van der Waals surface area contributed by atoms with E-state index in [2.05, 4.69) is 12.2 Å². The van der Waals surface area contributed by atoms with Gasteiger partial charge in [-0.2, -0.15) is 0 Å². The molecule has 0 aliphatic carbocycles. The molecule has 2 heterocycles. The zero-order valence-corrected chi connectivity index (χ0v) is 12.4. The van der Waals surface area contributed by atoms with E-state index in [-0.39, 0.29) is 11.9 Å². The minimum absolute atomic E-state index is 0.0273. The number of aliphatic hydroxyl groups is 1. The summed E-state index contributed by atoms with van der Waals surface area (Å²) in [6.45, 7) is 5.66. The number of rotatable bonds is 6. The maximum atomic E-state index is 11.9. The third-order valence-electron chi connectivity index (χ3n) is 3.47. The lowest BCUT2D eigenvalue weighted by Crippen LogP contribution is -2.63. The van der Waals surface area contributed by atoms with Crippen molar-refractivity contribution in [2.45, 2.75) is 38.3 Å². The van der Waals surface area contributed by atoms with E-state index in [1.807, 2.05) is 29.3 Å². The molecule has 0 aromatic carbocycles. The first-order valence-corrected chi connectivity index (χ1v) is 7.68. The van der Waals surface area contributed by atoms with Crippen LogP contribution < -0.4 is 5.32 Å². The number of hydrogen-bond acceptors (Lipinski definition) is 4. The van der Waals surface area contributed by atoms with Gasteiger partial charge in [-0.05, 0) is 24.8 Å². The summed E-state index contributed by atoms with van der Waals surface area (Å²) in [5.74, 6) is 0.0273. The molecule has 1 fully saturated rings. The minimum Gasteiger partial charge on any atom is -0.387 e. The molecular weight excluding hydrogens is 260 g/mol. The van der Waals surface area contributed by atoms with E-state index < -0.39 is 5.60 Å². The minimum atomic E-state index is -0.561. The Labute approximate surface area is 118 Å². The van der Waals surface area contributed by atoms with Crippen LogP contribution in [0.15, 0.2) is 17.5 Å². The van der Waals surface area contributed by atoms with E-state index in [1.54, 1.807) is 11.3 Å². The maximum absolute atomic E-state index is 11.9. The van der Waals surface area contributed by atoms with E-state index in [4.69, 9.17) is 0 Å². The number of amides is 1. The number of carbonyl (C=O) groups excluding carboxylic acids is 1. The van der Waals surface area contributed by atoms with Gasteiger partial charge in [-0.25, -0.2) is 0 Å². The lowest BCUT2D eigenvalue weighted by atomic mass is 9.89. The van der Waals surface area contributed by atoms with Gasteiger partial charge >= 0.3 is 0 Å². The second-order valence-corrected chi connectivity index (χ2v) is 6.40. The van der Waals surface area contributed by atoms with Crippen molar-refractivity contribution < 1.29 is 9.90 Å². The highest BCUT2D eigenvalue weighted by molar-refractivity contribution is 7.10. The van der Waals surface area contributed by atoms with Gasteiger partial charge in [-0.15, -0.1) is 11.3 Å². The van der Waals surface area contributed by atoms with Crippen molar-refractivity contribution in [2.75, 3.05) is 19.6 Å². The summed E-state index contributed by atoms with van der Waals surface area (Å²) in [5.41, 5.74) is -0.561. The molecule has 2 N–H and O–H groups in total. The van der Waals surface area contributed by atoms with Crippen LogP contribution in [0.25, 0.3) is 0 Å². The molecule has 0 bridgehead atoms. The number of carbonyl (C=O) groups is 1. The van der Waals surface area contributed by atoms with Crippen LogP contribution in [0.1, 0.15) is 37.6 Å². The Balaban J connectivity index is 1.72. The van der Waals surface area contributed by atoms with Gasteiger partial charge in [0.25, 0.3) is 0 Å². The number of thiophene rings is 1. The number of nitrogens with zero attached hydrogens (tertiary/aromatic N) is 1. The van der Waals surface area contributed by atoms with Crippen LogP contribution in [0, 0.1) is 0 Å². The smallest absolute Gasteiger partial charge is 0.234 e. The predicted molar refractivity (Wildman–Crippen MR) is 77.2 cm³/mol. The molecule has 5 heteroatoms. The molecule has 0 saturated carbocycles. The summed E-state index contributed by atoms with van der Waals surface area (Å²) in [5, 5.41) is 15.1. The average Bonchev–Trinajstić information content (AvgIpc) is 2.80. The molecule has 4 nitrogen and oxygen atoms in total. The largest absolute Gasteiger partial charge is 0.387 e. The van der Waals surface area contributed by atoms with Crippen molar-refractivity contribution in [3.05, 3.63) is 22.4 Å². The Hall–Kier alpha value is -0.910. The van der Waals surface area contributed by atoms with Crippen LogP contribution in [0.3, 0.4) is 0 Å². The molecule has 19 heavy (non-hydrogen) atoms. The van der Waals surface area contributed by atoms with Crippen LogP contribution in [-0.4, -0.2) is 41.1 Å². The second kappa shape index (κ2) is 6.03. The Bertz CT molecular complexity index is 413. The fraction of sp³-hybridized carbons (Fsp3) is 0.643. The summed E-state index contributed by atoms with van der Waals surface area (Å²) in [4.78, 5) is 15.0. The van der Waals surface area contributed by atoms with E-state index in [1.165, 1.54) is 4.88 Å². The lowest BCUT2D eigenvalue weighted by molar-refractivity contribution is -0.134. The van der Waals surface area contributed by atoms with Crippen molar-refractivity contribution in [3.63, 3.8) is 0 Å². The third-order valence-corrected chi connectivity index (χ3v) is 4.52. The van der Waals surface area contributed by atoms with Gasteiger partial charge in [0.05, 0.1) is 18.2 Å². The van der Waals surface area contributed by atoms with Gasteiger partial charge in [-0.1, -0.05) is 19.4 Å². The van der Waals surface area contributed by atoms with Gasteiger partial charge in [0.2, 0.25) is 5.91 Å². The second-order valence-electron chi connectivity index (χ2n) is 5.42. The SMILES string of the molecule is CCCC1(O)CN(CC(=O)NC(C)c2cccs2)C1. The zero-order valence-electron chi connectivity index (χ0n) is 11.6. The van der Waals surface area contributed by atoms with E-state index in [9.17, 15) is 9.90 Å². The summed E-state index contributed by atoms with van der Waals surface area (Å²) in [6.07, 6.45) is 1.79. The predicted octanol–water partition coefficient (Wildman–Crippen LogP) is 1.77. The van der Waals surface area contributed by atoms with Crippen LogP contribution in [0.2, 0.25) is 0 Å². The first kappa shape index (κ1) is 14.5. The summed E-state index contributed by atoms with van der Waals surface area (Å²) in [6, 6.07) is 4.07. The van der Waals surface area contributed by atoms with Gasteiger partial charge in [-0.3, -0.25) is 9.69 Å². The monoisotopic (exact) mass is 282 g/mol. The number of hydrogen-bond donors (Lipinski definition) is 2. The molecule has 1 aliphatic rings. The van der Waals surface area contributed by atoms with Crippen LogP contribution >= 0.6 is 11.3 Å². The normalized spacial score (nSPS) is 19.7. The van der Waals surface area contributed by atoms with Gasteiger partial charge in [0.15, 0.2) is 0 Å². The highest BCUT2D eigenvalue weighted by Crippen LogP contribution is 2.25. The Morgan fingerprint density at radius 1 is 1.63 bits per heavy atom. The zero-order chi connectivity index (χ0) is 13.9. The van der Waals surface area contributed by atoms with Crippen molar-refractivity contribution in [1.82, 2.24) is 10.2 Å². The molecule has 2 rings (SSSR count). The average molecular weight is 282 g/mol. The third kappa shape index (κ3) is 3.78.